The van der Waals surface area contributed by atoms with Crippen LogP contribution in [0.1, 0.15) is 30.1 Å². The summed E-state index contributed by atoms with van der Waals surface area (Å²) >= 11 is 0. The van der Waals surface area contributed by atoms with Crippen molar-refractivity contribution >= 4 is 5.91 Å². The zero-order valence-electron chi connectivity index (χ0n) is 10.3. The second-order valence-corrected chi connectivity index (χ2v) is 4.76. The maximum atomic E-state index is 12.0. The van der Waals surface area contributed by atoms with E-state index in [9.17, 15) is 15.0 Å². The summed E-state index contributed by atoms with van der Waals surface area (Å²) in [5, 5.41) is 25.1. The molecule has 0 saturated carbocycles. The molecule has 4 N–H and O–H groups in total. The average Bonchev–Trinajstić information content (AvgIpc) is 2.35. The third-order valence-corrected chi connectivity index (χ3v) is 3.22. The Morgan fingerprint density at radius 3 is 2.83 bits per heavy atom. The van der Waals surface area contributed by atoms with E-state index in [1.165, 1.54) is 18.2 Å². The van der Waals surface area contributed by atoms with Crippen LogP contribution in [0.5, 0.6) is 11.5 Å². The van der Waals surface area contributed by atoms with Crippen molar-refractivity contribution in [2.24, 2.45) is 0 Å². The fraction of sp³-hybridized carbons (Fsp3) is 0.462. The van der Waals surface area contributed by atoms with Crippen molar-refractivity contribution in [3.05, 3.63) is 23.8 Å². The summed E-state index contributed by atoms with van der Waals surface area (Å²) in [5.74, 6) is -0.513. The molecule has 0 radical (unpaired) electrons. The third kappa shape index (κ3) is 2.92. The summed E-state index contributed by atoms with van der Waals surface area (Å²) in [7, 11) is 0. The number of phenolic OH excluding ortho intramolecular Hbond substituents is 2. The van der Waals surface area contributed by atoms with Gasteiger partial charge in [0.25, 0.3) is 5.91 Å². The monoisotopic (exact) mass is 250 g/mol. The first-order valence-electron chi connectivity index (χ1n) is 6.12. The lowest BCUT2D eigenvalue weighted by atomic mass is 10.0. The normalized spacial score (nSPS) is 23.6. The molecule has 1 aromatic rings. The number of piperidine rings is 1. The van der Waals surface area contributed by atoms with Gasteiger partial charge in [-0.15, -0.1) is 0 Å². The van der Waals surface area contributed by atoms with Crippen LogP contribution in [-0.2, 0) is 0 Å². The molecule has 0 aliphatic carbocycles. The molecule has 0 bridgehead atoms. The number of hydrogen-bond acceptors (Lipinski definition) is 4. The van der Waals surface area contributed by atoms with Gasteiger partial charge in [0.1, 0.15) is 11.5 Å². The Balaban J connectivity index is 2.01. The van der Waals surface area contributed by atoms with Gasteiger partial charge in [0.2, 0.25) is 0 Å². The Morgan fingerprint density at radius 2 is 2.17 bits per heavy atom. The van der Waals surface area contributed by atoms with Crippen LogP contribution in [-0.4, -0.2) is 34.7 Å². The SMILES string of the molecule is CC1CCC(NC(=O)c2cc(O)ccc2O)CN1. The molecule has 0 aromatic heterocycles. The van der Waals surface area contributed by atoms with E-state index in [0.29, 0.717) is 6.04 Å². The van der Waals surface area contributed by atoms with Gasteiger partial charge >= 0.3 is 0 Å². The number of rotatable bonds is 2. The average molecular weight is 250 g/mol. The van der Waals surface area contributed by atoms with Gasteiger partial charge in [-0.25, -0.2) is 0 Å². The molecular weight excluding hydrogens is 232 g/mol. The number of hydrogen-bond donors (Lipinski definition) is 4. The van der Waals surface area contributed by atoms with Crippen LogP contribution in [0.25, 0.3) is 0 Å². The first-order valence-corrected chi connectivity index (χ1v) is 6.12. The van der Waals surface area contributed by atoms with E-state index in [0.717, 1.165) is 19.4 Å². The number of aromatic hydroxyl groups is 2. The number of amides is 1. The van der Waals surface area contributed by atoms with E-state index in [1.54, 1.807) is 0 Å². The first kappa shape index (κ1) is 12.7. The standard InChI is InChI=1S/C13H18N2O3/c1-8-2-3-9(7-14-8)15-13(18)11-6-10(16)4-5-12(11)17/h4-6,8-9,14,16-17H,2-3,7H2,1H3,(H,15,18). The quantitative estimate of drug-likeness (QED) is 0.589. The largest absolute Gasteiger partial charge is 0.508 e. The van der Waals surface area contributed by atoms with Crippen LogP contribution in [0.4, 0.5) is 0 Å². The number of carbonyl (C=O) groups excluding carboxylic acids is 1. The van der Waals surface area contributed by atoms with Crippen molar-refractivity contribution in [1.82, 2.24) is 10.6 Å². The van der Waals surface area contributed by atoms with Gasteiger partial charge in [0.05, 0.1) is 5.56 Å². The van der Waals surface area contributed by atoms with Gasteiger partial charge in [-0.1, -0.05) is 0 Å². The van der Waals surface area contributed by atoms with E-state index in [1.807, 2.05) is 0 Å². The van der Waals surface area contributed by atoms with Gasteiger partial charge in [0, 0.05) is 18.6 Å². The molecule has 1 fully saturated rings. The highest BCUT2D eigenvalue weighted by molar-refractivity contribution is 5.97. The lowest BCUT2D eigenvalue weighted by molar-refractivity contribution is 0.0924. The molecular formula is C13H18N2O3. The minimum absolute atomic E-state index is 0.0339. The van der Waals surface area contributed by atoms with E-state index >= 15 is 0 Å². The van der Waals surface area contributed by atoms with Crippen molar-refractivity contribution in [2.45, 2.75) is 31.8 Å². The van der Waals surface area contributed by atoms with Crippen molar-refractivity contribution in [3.8, 4) is 11.5 Å². The smallest absolute Gasteiger partial charge is 0.255 e. The summed E-state index contributed by atoms with van der Waals surface area (Å²) in [6, 6.07) is 4.47. The van der Waals surface area contributed by atoms with Crippen molar-refractivity contribution < 1.29 is 15.0 Å². The second kappa shape index (κ2) is 5.27. The summed E-state index contributed by atoms with van der Waals surface area (Å²) in [5.41, 5.74) is 0.105. The summed E-state index contributed by atoms with van der Waals surface area (Å²) in [4.78, 5) is 12.0. The summed E-state index contributed by atoms with van der Waals surface area (Å²) in [6.07, 6.45) is 1.93. The third-order valence-electron chi connectivity index (χ3n) is 3.22. The van der Waals surface area contributed by atoms with Crippen molar-refractivity contribution in [3.63, 3.8) is 0 Å². The molecule has 2 atom stereocenters. The van der Waals surface area contributed by atoms with Gasteiger partial charge < -0.3 is 20.8 Å². The Bertz CT molecular complexity index is 440. The Hall–Kier alpha value is -1.75. The highest BCUT2D eigenvalue weighted by atomic mass is 16.3. The second-order valence-electron chi connectivity index (χ2n) is 4.76. The minimum Gasteiger partial charge on any atom is -0.508 e. The molecule has 5 nitrogen and oxygen atoms in total. The van der Waals surface area contributed by atoms with Gasteiger partial charge in [-0.3, -0.25) is 4.79 Å². The molecule has 1 heterocycles. The van der Waals surface area contributed by atoms with E-state index in [2.05, 4.69) is 17.6 Å². The molecule has 1 amide bonds. The molecule has 0 spiro atoms. The Morgan fingerprint density at radius 1 is 1.39 bits per heavy atom. The van der Waals surface area contributed by atoms with Gasteiger partial charge in [0.15, 0.2) is 0 Å². The van der Waals surface area contributed by atoms with E-state index in [4.69, 9.17) is 0 Å². The number of benzene rings is 1. The lowest BCUT2D eigenvalue weighted by Crippen LogP contribution is -2.48. The van der Waals surface area contributed by atoms with Crippen LogP contribution in [0, 0.1) is 0 Å². The number of carbonyl (C=O) groups is 1. The predicted octanol–water partition coefficient (Wildman–Crippen LogP) is 0.968. The zero-order valence-corrected chi connectivity index (χ0v) is 10.3. The van der Waals surface area contributed by atoms with E-state index < -0.39 is 0 Å². The van der Waals surface area contributed by atoms with Crippen LogP contribution in [0.15, 0.2) is 18.2 Å². The molecule has 2 rings (SSSR count). The van der Waals surface area contributed by atoms with E-state index in [-0.39, 0.29) is 29.0 Å². The topological polar surface area (TPSA) is 81.6 Å². The lowest BCUT2D eigenvalue weighted by Gasteiger charge is -2.28. The van der Waals surface area contributed by atoms with Crippen LogP contribution in [0.3, 0.4) is 0 Å². The molecule has 2 unspecified atom stereocenters. The Kier molecular flexibility index (Phi) is 3.72. The highest BCUT2D eigenvalue weighted by Gasteiger charge is 2.21. The van der Waals surface area contributed by atoms with Gasteiger partial charge in [-0.2, -0.15) is 0 Å². The van der Waals surface area contributed by atoms with Gasteiger partial charge in [-0.05, 0) is 38.0 Å². The molecule has 1 aliphatic heterocycles. The summed E-state index contributed by atoms with van der Waals surface area (Å²) in [6.45, 7) is 2.84. The molecule has 5 heteroatoms. The molecule has 1 aromatic carbocycles. The van der Waals surface area contributed by atoms with Crippen molar-refractivity contribution in [2.75, 3.05) is 6.54 Å². The van der Waals surface area contributed by atoms with Crippen molar-refractivity contribution in [1.29, 1.82) is 0 Å². The summed E-state index contributed by atoms with van der Waals surface area (Å²) < 4.78 is 0. The predicted molar refractivity (Wildman–Crippen MR) is 67.7 cm³/mol. The zero-order chi connectivity index (χ0) is 13.1. The van der Waals surface area contributed by atoms with Crippen LogP contribution >= 0.6 is 0 Å². The maximum absolute atomic E-state index is 12.0. The fourth-order valence-electron chi connectivity index (χ4n) is 2.09. The number of nitrogens with one attached hydrogen (secondary N) is 2. The van der Waals surface area contributed by atoms with Crippen LogP contribution in [0.2, 0.25) is 0 Å². The molecule has 18 heavy (non-hydrogen) atoms. The highest BCUT2D eigenvalue weighted by Crippen LogP contribution is 2.22. The molecule has 1 saturated heterocycles. The molecule has 1 aliphatic rings. The first-order chi connectivity index (χ1) is 8.56. The molecule has 98 valence electrons. The fourth-order valence-corrected chi connectivity index (χ4v) is 2.09. The minimum atomic E-state index is -0.357. The maximum Gasteiger partial charge on any atom is 0.255 e. The van der Waals surface area contributed by atoms with Crippen LogP contribution < -0.4 is 10.6 Å². The Labute approximate surface area is 106 Å². The number of phenols is 2.